The third-order valence-corrected chi connectivity index (χ3v) is 3.74. The molecule has 0 rings (SSSR count). The van der Waals surface area contributed by atoms with Gasteiger partial charge in [0, 0.05) is 6.42 Å². The molecule has 0 spiro atoms. The summed E-state index contributed by atoms with van der Waals surface area (Å²) in [5.41, 5.74) is 0. The molecule has 21 heavy (non-hydrogen) atoms. The lowest BCUT2D eigenvalue weighted by atomic mass is 10.1. The van der Waals surface area contributed by atoms with Crippen LogP contribution in [0.25, 0.3) is 0 Å². The van der Waals surface area contributed by atoms with E-state index in [-0.39, 0.29) is 0 Å². The van der Waals surface area contributed by atoms with E-state index in [1.54, 1.807) is 0 Å². The van der Waals surface area contributed by atoms with Gasteiger partial charge in [-0.1, -0.05) is 70.4 Å². The van der Waals surface area contributed by atoms with Crippen molar-refractivity contribution in [2.45, 2.75) is 96.8 Å². The Balaban J connectivity index is 3.07. The van der Waals surface area contributed by atoms with E-state index in [0.29, 0.717) is 6.42 Å². The molecule has 3 nitrogen and oxygen atoms in total. The smallest absolute Gasteiger partial charge is 0.301 e. The molecule has 0 saturated heterocycles. The van der Waals surface area contributed by atoms with Crippen molar-refractivity contribution < 1.29 is 14.9 Å². The van der Waals surface area contributed by atoms with E-state index in [4.69, 9.17) is 5.26 Å². The van der Waals surface area contributed by atoms with Crippen molar-refractivity contribution in [3.05, 3.63) is 12.2 Å². The van der Waals surface area contributed by atoms with Gasteiger partial charge in [0.25, 0.3) is 0 Å². The zero-order valence-corrected chi connectivity index (χ0v) is 13.8. The molecule has 0 aromatic rings. The number of hydrogen-bond donors (Lipinski definition) is 1. The maximum atomic E-state index is 10.7. The first kappa shape index (κ1) is 20.2. The van der Waals surface area contributed by atoms with Crippen LogP contribution in [0.2, 0.25) is 0 Å². The Morgan fingerprint density at radius 2 is 1.29 bits per heavy atom. The molecule has 0 aliphatic rings. The second-order valence-electron chi connectivity index (χ2n) is 5.80. The maximum absolute atomic E-state index is 10.7. The number of hydrogen-bond acceptors (Lipinski definition) is 3. The topological polar surface area (TPSA) is 46.5 Å². The second-order valence-corrected chi connectivity index (χ2v) is 5.80. The van der Waals surface area contributed by atoms with Crippen LogP contribution in [0.1, 0.15) is 96.8 Å². The number of unbranched alkanes of at least 4 members (excludes halogenated alkanes) is 11. The summed E-state index contributed by atoms with van der Waals surface area (Å²) in [5.74, 6) is -0.516. The minimum atomic E-state index is -0.516. The van der Waals surface area contributed by atoms with Gasteiger partial charge in [0.2, 0.25) is 0 Å². The molecule has 0 heterocycles. The summed E-state index contributed by atoms with van der Waals surface area (Å²) in [5, 5.41) is 8.10. The molecule has 0 radical (unpaired) electrons. The molecule has 0 aromatic carbocycles. The van der Waals surface area contributed by atoms with Gasteiger partial charge in [0.1, 0.15) is 0 Å². The average molecular weight is 298 g/mol. The highest BCUT2D eigenvalue weighted by Crippen LogP contribution is 2.11. The van der Waals surface area contributed by atoms with Gasteiger partial charge in [-0.2, -0.15) is 5.26 Å². The van der Waals surface area contributed by atoms with Gasteiger partial charge in [-0.05, 0) is 32.1 Å². The van der Waals surface area contributed by atoms with Crippen LogP contribution < -0.4 is 0 Å². The minimum absolute atomic E-state index is 0.334. The van der Waals surface area contributed by atoms with Crippen molar-refractivity contribution >= 4 is 5.97 Å². The van der Waals surface area contributed by atoms with E-state index in [1.807, 2.05) is 0 Å². The zero-order valence-electron chi connectivity index (χ0n) is 13.8. The summed E-state index contributed by atoms with van der Waals surface area (Å²) in [4.78, 5) is 14.3. The highest BCUT2D eigenvalue weighted by atomic mass is 17.1. The lowest BCUT2D eigenvalue weighted by Gasteiger charge is -2.01. The molecule has 3 heteroatoms. The quantitative estimate of drug-likeness (QED) is 0.173. The Kier molecular flexibility index (Phi) is 16.5. The van der Waals surface area contributed by atoms with Gasteiger partial charge >= 0.3 is 5.97 Å². The van der Waals surface area contributed by atoms with Gasteiger partial charge in [-0.25, -0.2) is 4.79 Å². The first-order chi connectivity index (χ1) is 10.3. The van der Waals surface area contributed by atoms with Crippen LogP contribution in [-0.2, 0) is 9.68 Å². The van der Waals surface area contributed by atoms with Crippen molar-refractivity contribution in [1.82, 2.24) is 0 Å². The molecule has 0 saturated carbocycles. The summed E-state index contributed by atoms with van der Waals surface area (Å²) >= 11 is 0. The summed E-state index contributed by atoms with van der Waals surface area (Å²) < 4.78 is 0. The predicted molar refractivity (Wildman–Crippen MR) is 88.2 cm³/mol. The normalized spacial score (nSPS) is 11.1. The van der Waals surface area contributed by atoms with E-state index >= 15 is 0 Å². The van der Waals surface area contributed by atoms with Crippen molar-refractivity contribution in [3.63, 3.8) is 0 Å². The van der Waals surface area contributed by atoms with Gasteiger partial charge in [0.15, 0.2) is 0 Å². The van der Waals surface area contributed by atoms with E-state index in [0.717, 1.165) is 12.8 Å². The molecule has 0 fully saturated rings. The van der Waals surface area contributed by atoms with Crippen LogP contribution in [0.3, 0.4) is 0 Å². The van der Waals surface area contributed by atoms with Gasteiger partial charge < -0.3 is 4.89 Å². The van der Waals surface area contributed by atoms with Crippen LogP contribution in [0.5, 0.6) is 0 Å². The number of carbonyl (C=O) groups excluding carboxylic acids is 1. The molecule has 0 bridgehead atoms. The minimum Gasteiger partial charge on any atom is -0.301 e. The number of allylic oxidation sites excluding steroid dienone is 2. The monoisotopic (exact) mass is 298 g/mol. The van der Waals surface area contributed by atoms with Crippen LogP contribution in [0.4, 0.5) is 0 Å². The van der Waals surface area contributed by atoms with Crippen molar-refractivity contribution in [2.24, 2.45) is 0 Å². The molecule has 124 valence electrons. The van der Waals surface area contributed by atoms with Crippen LogP contribution >= 0.6 is 0 Å². The van der Waals surface area contributed by atoms with E-state index < -0.39 is 5.97 Å². The fourth-order valence-corrected chi connectivity index (χ4v) is 2.39. The lowest BCUT2D eigenvalue weighted by Crippen LogP contribution is -1.99. The van der Waals surface area contributed by atoms with E-state index in [1.165, 1.54) is 70.6 Å². The lowest BCUT2D eigenvalue weighted by molar-refractivity contribution is -0.234. The Hall–Kier alpha value is -0.830. The number of carbonyl (C=O) groups is 1. The third-order valence-electron chi connectivity index (χ3n) is 3.74. The highest BCUT2D eigenvalue weighted by molar-refractivity contribution is 5.68. The van der Waals surface area contributed by atoms with E-state index in [9.17, 15) is 4.79 Å². The van der Waals surface area contributed by atoms with Crippen LogP contribution in [-0.4, -0.2) is 11.2 Å². The number of rotatable bonds is 15. The molecule has 0 atom stereocenters. The molecular weight excluding hydrogens is 264 g/mol. The second kappa shape index (κ2) is 17.2. The predicted octanol–water partition coefficient (Wildman–Crippen LogP) is 6.04. The average Bonchev–Trinajstić information content (AvgIpc) is 2.50. The third kappa shape index (κ3) is 17.1. The Morgan fingerprint density at radius 3 is 1.81 bits per heavy atom. The first-order valence-electron chi connectivity index (χ1n) is 8.80. The molecular formula is C18H34O3. The fraction of sp³-hybridized carbons (Fsp3) is 0.833. The van der Waals surface area contributed by atoms with E-state index in [2.05, 4.69) is 24.0 Å². The van der Waals surface area contributed by atoms with Crippen molar-refractivity contribution in [2.75, 3.05) is 0 Å². The summed E-state index contributed by atoms with van der Waals surface area (Å²) in [6.07, 6.45) is 21.1. The first-order valence-corrected chi connectivity index (χ1v) is 8.80. The SMILES string of the molecule is CCCCCC=CCCCCCCCCCCC(=O)OO. The zero-order chi connectivity index (χ0) is 15.6. The summed E-state index contributed by atoms with van der Waals surface area (Å²) in [6, 6.07) is 0. The van der Waals surface area contributed by atoms with Crippen molar-refractivity contribution in [1.29, 1.82) is 0 Å². The standard InChI is InChI=1S/C18H34O3/c1-2-3-4-5-6-7-8-9-10-11-12-13-14-15-16-17-18(19)21-20/h6-7,20H,2-5,8-17H2,1H3. The van der Waals surface area contributed by atoms with Gasteiger partial charge in [-0.15, -0.1) is 0 Å². The Labute approximate surface area is 130 Å². The molecule has 0 aliphatic carbocycles. The molecule has 0 amide bonds. The van der Waals surface area contributed by atoms with Gasteiger partial charge in [-0.3, -0.25) is 0 Å². The van der Waals surface area contributed by atoms with Crippen molar-refractivity contribution in [3.8, 4) is 0 Å². The Morgan fingerprint density at radius 1 is 0.810 bits per heavy atom. The largest absolute Gasteiger partial charge is 0.342 e. The molecule has 0 aromatic heterocycles. The molecule has 0 unspecified atom stereocenters. The summed E-state index contributed by atoms with van der Waals surface area (Å²) in [7, 11) is 0. The summed E-state index contributed by atoms with van der Waals surface area (Å²) in [6.45, 7) is 2.24. The highest BCUT2D eigenvalue weighted by Gasteiger charge is 2.00. The van der Waals surface area contributed by atoms with Gasteiger partial charge in [0.05, 0.1) is 0 Å². The maximum Gasteiger partial charge on any atom is 0.342 e. The van der Waals surface area contributed by atoms with Crippen LogP contribution in [0, 0.1) is 0 Å². The Bertz CT molecular complexity index is 249. The molecule has 0 aliphatic heterocycles. The molecule has 1 N–H and O–H groups in total. The van der Waals surface area contributed by atoms with Crippen LogP contribution in [0.15, 0.2) is 12.2 Å². The fourth-order valence-electron chi connectivity index (χ4n) is 2.39.